The van der Waals surface area contributed by atoms with Gasteiger partial charge in [-0.15, -0.1) is 11.8 Å². The lowest BCUT2D eigenvalue weighted by atomic mass is 10.1. The van der Waals surface area contributed by atoms with Crippen molar-refractivity contribution in [2.45, 2.75) is 35.7 Å². The molecule has 0 amide bonds. The van der Waals surface area contributed by atoms with E-state index in [1.165, 1.54) is 0 Å². The van der Waals surface area contributed by atoms with E-state index in [4.69, 9.17) is 0 Å². The summed E-state index contributed by atoms with van der Waals surface area (Å²) in [6, 6.07) is 10.9. The maximum absolute atomic E-state index is 13.0. The lowest BCUT2D eigenvalue weighted by Gasteiger charge is -2.24. The Kier molecular flexibility index (Phi) is 4.75. The van der Waals surface area contributed by atoms with Crippen molar-refractivity contribution < 1.29 is 8.42 Å². The zero-order chi connectivity index (χ0) is 16.4. The lowest BCUT2D eigenvalue weighted by molar-refractivity contribution is 0.396. The number of hydrogen-bond donors (Lipinski definition) is 0. The van der Waals surface area contributed by atoms with E-state index in [2.05, 4.69) is 4.98 Å². The standard InChI is InChI=1S/C17H20N2O2S2/c1-13-5-8-15(9-6-13)23(20,21)19-11-3-4-16(19)14-7-10-17(22-2)18-12-14/h5-10,12,16H,3-4,11H2,1-2H3/t16-/m0/s1. The summed E-state index contributed by atoms with van der Waals surface area (Å²) in [7, 11) is -3.47. The van der Waals surface area contributed by atoms with Gasteiger partial charge in [0.15, 0.2) is 0 Å². The van der Waals surface area contributed by atoms with Gasteiger partial charge in [-0.05, 0) is 49.8 Å². The van der Waals surface area contributed by atoms with Gasteiger partial charge in [-0.1, -0.05) is 23.8 Å². The molecular formula is C17H20N2O2S2. The Hall–Kier alpha value is -1.37. The maximum Gasteiger partial charge on any atom is 0.243 e. The molecule has 0 unspecified atom stereocenters. The van der Waals surface area contributed by atoms with Crippen LogP contribution in [0.2, 0.25) is 0 Å². The van der Waals surface area contributed by atoms with Crippen molar-refractivity contribution in [1.82, 2.24) is 9.29 Å². The molecule has 4 nitrogen and oxygen atoms in total. The number of rotatable bonds is 4. The molecule has 23 heavy (non-hydrogen) atoms. The van der Waals surface area contributed by atoms with E-state index in [1.54, 1.807) is 34.4 Å². The molecule has 0 saturated carbocycles. The van der Waals surface area contributed by atoms with E-state index in [9.17, 15) is 8.42 Å². The van der Waals surface area contributed by atoms with Crippen LogP contribution in [0.5, 0.6) is 0 Å². The van der Waals surface area contributed by atoms with Gasteiger partial charge in [-0.25, -0.2) is 13.4 Å². The number of nitrogens with zero attached hydrogens (tertiary/aromatic N) is 2. The second-order valence-corrected chi connectivity index (χ2v) is 8.44. The zero-order valence-corrected chi connectivity index (χ0v) is 14.9. The third kappa shape index (κ3) is 3.29. The van der Waals surface area contributed by atoms with Crippen molar-refractivity contribution in [2.24, 2.45) is 0 Å². The van der Waals surface area contributed by atoms with Gasteiger partial charge in [0.1, 0.15) is 0 Å². The average molecular weight is 348 g/mol. The van der Waals surface area contributed by atoms with E-state index in [0.29, 0.717) is 11.4 Å². The molecule has 1 aromatic heterocycles. The maximum atomic E-state index is 13.0. The second kappa shape index (κ2) is 6.63. The minimum Gasteiger partial charge on any atom is -0.250 e. The van der Waals surface area contributed by atoms with Crippen LogP contribution in [-0.2, 0) is 10.0 Å². The molecule has 1 aliphatic heterocycles. The first-order valence-corrected chi connectivity index (χ1v) is 10.3. The predicted octanol–water partition coefficient (Wildman–Crippen LogP) is 3.64. The Balaban J connectivity index is 1.92. The summed E-state index contributed by atoms with van der Waals surface area (Å²) in [5.74, 6) is 0. The van der Waals surface area contributed by atoms with Gasteiger partial charge in [0.2, 0.25) is 10.0 Å². The van der Waals surface area contributed by atoms with Crippen LogP contribution >= 0.6 is 11.8 Å². The van der Waals surface area contributed by atoms with Crippen LogP contribution in [0.25, 0.3) is 0 Å². The largest absolute Gasteiger partial charge is 0.250 e. The molecule has 0 bridgehead atoms. The van der Waals surface area contributed by atoms with Crippen molar-refractivity contribution >= 4 is 21.8 Å². The minimum absolute atomic E-state index is 0.121. The Bertz CT molecular complexity index is 771. The number of hydrogen-bond acceptors (Lipinski definition) is 4. The van der Waals surface area contributed by atoms with Crippen molar-refractivity contribution in [2.75, 3.05) is 12.8 Å². The molecule has 1 saturated heterocycles. The quantitative estimate of drug-likeness (QED) is 0.792. The monoisotopic (exact) mass is 348 g/mol. The molecule has 2 heterocycles. The first-order valence-electron chi connectivity index (χ1n) is 7.61. The van der Waals surface area contributed by atoms with Gasteiger partial charge >= 0.3 is 0 Å². The van der Waals surface area contributed by atoms with Gasteiger partial charge in [0, 0.05) is 12.7 Å². The topological polar surface area (TPSA) is 50.3 Å². The summed E-state index contributed by atoms with van der Waals surface area (Å²) >= 11 is 1.58. The Morgan fingerprint density at radius 3 is 2.52 bits per heavy atom. The summed E-state index contributed by atoms with van der Waals surface area (Å²) in [6.07, 6.45) is 5.50. The van der Waals surface area contributed by atoms with Crippen LogP contribution in [0, 0.1) is 6.92 Å². The highest BCUT2D eigenvalue weighted by Gasteiger charge is 2.36. The highest BCUT2D eigenvalue weighted by molar-refractivity contribution is 7.98. The molecule has 122 valence electrons. The van der Waals surface area contributed by atoms with E-state index in [1.807, 2.05) is 37.4 Å². The van der Waals surface area contributed by atoms with Gasteiger partial charge in [0.05, 0.1) is 16.0 Å². The number of aromatic nitrogens is 1. The fourth-order valence-electron chi connectivity index (χ4n) is 2.92. The number of thioether (sulfide) groups is 1. The smallest absolute Gasteiger partial charge is 0.243 e. The number of aryl methyl sites for hydroxylation is 1. The Labute approximate surface area is 142 Å². The van der Waals surface area contributed by atoms with Crippen molar-refractivity contribution in [3.05, 3.63) is 53.7 Å². The van der Waals surface area contributed by atoms with Crippen LogP contribution < -0.4 is 0 Å². The molecule has 1 aliphatic rings. The Morgan fingerprint density at radius 1 is 1.17 bits per heavy atom. The van der Waals surface area contributed by atoms with Crippen molar-refractivity contribution in [1.29, 1.82) is 0 Å². The third-order valence-electron chi connectivity index (χ3n) is 4.18. The first-order chi connectivity index (χ1) is 11.0. The van der Waals surface area contributed by atoms with Gasteiger partial charge in [0.25, 0.3) is 0 Å². The average Bonchev–Trinajstić information content (AvgIpc) is 3.06. The van der Waals surface area contributed by atoms with Gasteiger partial charge in [-0.3, -0.25) is 0 Å². The molecule has 6 heteroatoms. The van der Waals surface area contributed by atoms with E-state index in [0.717, 1.165) is 29.0 Å². The van der Waals surface area contributed by atoms with Crippen LogP contribution in [-0.4, -0.2) is 30.5 Å². The summed E-state index contributed by atoms with van der Waals surface area (Å²) in [6.45, 7) is 2.51. The predicted molar refractivity (Wildman–Crippen MR) is 93.1 cm³/mol. The SMILES string of the molecule is CSc1ccc([C@@H]2CCCN2S(=O)(=O)c2ccc(C)cc2)cn1. The van der Waals surface area contributed by atoms with E-state index in [-0.39, 0.29) is 6.04 Å². The molecule has 0 radical (unpaired) electrons. The number of sulfonamides is 1. The van der Waals surface area contributed by atoms with E-state index < -0.39 is 10.0 Å². The third-order valence-corrected chi connectivity index (χ3v) is 6.77. The second-order valence-electron chi connectivity index (χ2n) is 5.72. The van der Waals surface area contributed by atoms with Crippen LogP contribution in [0.1, 0.15) is 30.0 Å². The highest BCUT2D eigenvalue weighted by atomic mass is 32.2. The lowest BCUT2D eigenvalue weighted by Crippen LogP contribution is -2.30. The molecular weight excluding hydrogens is 328 g/mol. The first kappa shape index (κ1) is 16.5. The van der Waals surface area contributed by atoms with Gasteiger partial charge < -0.3 is 0 Å². The summed E-state index contributed by atoms with van der Waals surface area (Å²) in [5.41, 5.74) is 2.02. The van der Waals surface area contributed by atoms with Crippen molar-refractivity contribution in [3.63, 3.8) is 0 Å². The van der Waals surface area contributed by atoms with E-state index >= 15 is 0 Å². The summed E-state index contributed by atoms with van der Waals surface area (Å²) < 4.78 is 27.5. The molecule has 0 N–H and O–H groups in total. The summed E-state index contributed by atoms with van der Waals surface area (Å²) in [4.78, 5) is 4.75. The molecule has 2 aromatic rings. The fraction of sp³-hybridized carbons (Fsp3) is 0.353. The molecule has 0 spiro atoms. The zero-order valence-electron chi connectivity index (χ0n) is 13.3. The normalized spacial score (nSPS) is 19.1. The molecule has 1 atom stereocenters. The molecule has 3 rings (SSSR count). The minimum atomic E-state index is -3.47. The molecule has 1 aromatic carbocycles. The van der Waals surface area contributed by atoms with Crippen molar-refractivity contribution in [3.8, 4) is 0 Å². The summed E-state index contributed by atoms with van der Waals surface area (Å²) in [5, 5.41) is 0.944. The fourth-order valence-corrected chi connectivity index (χ4v) is 4.96. The Morgan fingerprint density at radius 2 is 1.91 bits per heavy atom. The van der Waals surface area contributed by atoms with Crippen LogP contribution in [0.3, 0.4) is 0 Å². The van der Waals surface area contributed by atoms with Gasteiger partial charge in [-0.2, -0.15) is 4.31 Å². The highest BCUT2D eigenvalue weighted by Crippen LogP contribution is 2.36. The molecule has 1 fully saturated rings. The number of pyridine rings is 1. The van der Waals surface area contributed by atoms with Crippen LogP contribution in [0.4, 0.5) is 0 Å². The molecule has 0 aliphatic carbocycles. The number of benzene rings is 1. The van der Waals surface area contributed by atoms with Crippen LogP contribution in [0.15, 0.2) is 52.5 Å².